The first-order valence-corrected chi connectivity index (χ1v) is 6.21. The summed E-state index contributed by atoms with van der Waals surface area (Å²) in [6.07, 6.45) is 2.49. The van der Waals surface area contributed by atoms with Gasteiger partial charge in [-0.25, -0.2) is 0 Å². The van der Waals surface area contributed by atoms with E-state index in [1.54, 1.807) is 6.07 Å². The van der Waals surface area contributed by atoms with Gasteiger partial charge < -0.3 is 10.3 Å². The molecule has 1 aliphatic rings. The maximum Gasteiger partial charge on any atom is 0.206 e. The largest absolute Gasteiger partial charge is 0.618 e. The summed E-state index contributed by atoms with van der Waals surface area (Å²) in [7, 11) is 0. The van der Waals surface area contributed by atoms with E-state index < -0.39 is 6.10 Å². The fourth-order valence-corrected chi connectivity index (χ4v) is 2.79. The van der Waals surface area contributed by atoms with Gasteiger partial charge in [-0.3, -0.25) is 0 Å². The van der Waals surface area contributed by atoms with Crippen LogP contribution in [0.1, 0.15) is 29.2 Å². The Kier molecular flexibility index (Phi) is 2.76. The smallest absolute Gasteiger partial charge is 0.206 e. The predicted octanol–water partition coefficient (Wildman–Crippen LogP) is 1.76. The maximum absolute atomic E-state index is 12.0. The Bertz CT molecular complexity index is 554. The summed E-state index contributed by atoms with van der Waals surface area (Å²) in [4.78, 5) is 0. The van der Waals surface area contributed by atoms with Crippen LogP contribution in [0.5, 0.6) is 0 Å². The summed E-state index contributed by atoms with van der Waals surface area (Å²) in [6.45, 7) is 0. The number of nitrogens with zero attached hydrogens (tertiary/aromatic N) is 1. The highest BCUT2D eigenvalue weighted by atomic mass is 16.5. The SMILES string of the molecule is [O-][n+]1cccc2c1[C@H](c1ccccc1)[C@@H](O)CC2. The zero-order valence-corrected chi connectivity index (χ0v) is 9.99. The molecule has 2 aromatic rings. The van der Waals surface area contributed by atoms with Crippen molar-refractivity contribution in [1.29, 1.82) is 0 Å². The Morgan fingerprint density at radius 1 is 1.11 bits per heavy atom. The van der Waals surface area contributed by atoms with E-state index in [4.69, 9.17) is 0 Å². The molecule has 18 heavy (non-hydrogen) atoms. The Morgan fingerprint density at radius 3 is 2.67 bits per heavy atom. The van der Waals surface area contributed by atoms with Crippen LogP contribution >= 0.6 is 0 Å². The van der Waals surface area contributed by atoms with Crippen LogP contribution in [-0.4, -0.2) is 11.2 Å². The second kappa shape index (κ2) is 4.42. The number of hydrogen-bond acceptors (Lipinski definition) is 2. The van der Waals surface area contributed by atoms with Gasteiger partial charge >= 0.3 is 0 Å². The van der Waals surface area contributed by atoms with E-state index in [1.165, 1.54) is 6.20 Å². The molecule has 3 rings (SSSR count). The van der Waals surface area contributed by atoms with E-state index in [0.29, 0.717) is 12.1 Å². The highest BCUT2D eigenvalue weighted by Gasteiger charge is 2.35. The monoisotopic (exact) mass is 241 g/mol. The Labute approximate surface area is 106 Å². The van der Waals surface area contributed by atoms with Gasteiger partial charge in [0.15, 0.2) is 6.20 Å². The molecule has 3 heteroatoms. The van der Waals surface area contributed by atoms with Crippen molar-refractivity contribution in [3.05, 3.63) is 70.7 Å². The van der Waals surface area contributed by atoms with E-state index in [1.807, 2.05) is 36.4 Å². The molecule has 1 aromatic heterocycles. The van der Waals surface area contributed by atoms with Crippen LogP contribution in [0.2, 0.25) is 0 Å². The Morgan fingerprint density at radius 2 is 1.89 bits per heavy atom. The fraction of sp³-hybridized carbons (Fsp3) is 0.267. The van der Waals surface area contributed by atoms with E-state index >= 15 is 0 Å². The number of aryl methyl sites for hydroxylation is 1. The highest BCUT2D eigenvalue weighted by Crippen LogP contribution is 2.34. The lowest BCUT2D eigenvalue weighted by Gasteiger charge is -2.28. The second-order valence-electron chi connectivity index (χ2n) is 4.74. The van der Waals surface area contributed by atoms with Gasteiger partial charge in [0.1, 0.15) is 0 Å². The van der Waals surface area contributed by atoms with Gasteiger partial charge in [-0.05, 0) is 24.5 Å². The third-order valence-electron chi connectivity index (χ3n) is 3.63. The molecule has 0 radical (unpaired) electrons. The van der Waals surface area contributed by atoms with Crippen LogP contribution in [0.4, 0.5) is 0 Å². The lowest BCUT2D eigenvalue weighted by atomic mass is 9.80. The van der Waals surface area contributed by atoms with Crippen LogP contribution in [0.3, 0.4) is 0 Å². The second-order valence-corrected chi connectivity index (χ2v) is 4.74. The molecule has 0 unspecified atom stereocenters. The highest BCUT2D eigenvalue weighted by molar-refractivity contribution is 5.34. The van der Waals surface area contributed by atoms with Crippen molar-refractivity contribution in [2.45, 2.75) is 24.9 Å². The van der Waals surface area contributed by atoms with Crippen LogP contribution in [0.15, 0.2) is 48.7 Å². The molecular weight excluding hydrogens is 226 g/mol. The van der Waals surface area contributed by atoms with Crippen molar-refractivity contribution in [2.24, 2.45) is 0 Å². The van der Waals surface area contributed by atoms with E-state index in [2.05, 4.69) is 0 Å². The van der Waals surface area contributed by atoms with Gasteiger partial charge in [-0.2, -0.15) is 4.73 Å². The van der Waals surface area contributed by atoms with Crippen LogP contribution < -0.4 is 4.73 Å². The molecule has 92 valence electrons. The Hall–Kier alpha value is -1.87. The van der Waals surface area contributed by atoms with Crippen molar-refractivity contribution in [3.63, 3.8) is 0 Å². The quantitative estimate of drug-likeness (QED) is 0.611. The first-order chi connectivity index (χ1) is 8.77. The maximum atomic E-state index is 12.0. The van der Waals surface area contributed by atoms with Gasteiger partial charge in [-0.1, -0.05) is 30.3 Å². The molecule has 0 spiro atoms. The molecule has 0 saturated heterocycles. The zero-order valence-electron chi connectivity index (χ0n) is 9.99. The standard InChI is InChI=1S/C15H15NO2/c17-13-9-8-12-7-4-10-16(18)15(12)14(13)11-5-2-1-3-6-11/h1-7,10,13-14,17H,8-9H2/t13-,14+/m0/s1. The zero-order chi connectivity index (χ0) is 12.5. The molecule has 0 bridgehead atoms. The summed E-state index contributed by atoms with van der Waals surface area (Å²) >= 11 is 0. The predicted molar refractivity (Wildman–Crippen MR) is 68.0 cm³/mol. The summed E-state index contributed by atoms with van der Waals surface area (Å²) in [5.41, 5.74) is 2.75. The van der Waals surface area contributed by atoms with Crippen molar-refractivity contribution < 1.29 is 9.84 Å². The van der Waals surface area contributed by atoms with Gasteiger partial charge in [0.05, 0.1) is 12.0 Å². The molecule has 0 aliphatic heterocycles. The summed E-state index contributed by atoms with van der Waals surface area (Å²) in [5.74, 6) is -0.214. The van der Waals surface area contributed by atoms with E-state index in [0.717, 1.165) is 22.3 Å². The van der Waals surface area contributed by atoms with E-state index in [9.17, 15) is 10.3 Å². The normalized spacial score (nSPS) is 22.5. The molecule has 1 aliphatic carbocycles. The summed E-state index contributed by atoms with van der Waals surface area (Å²) < 4.78 is 0.898. The number of aromatic nitrogens is 1. The molecule has 1 aromatic carbocycles. The third-order valence-corrected chi connectivity index (χ3v) is 3.63. The molecular formula is C15H15NO2. The average Bonchev–Trinajstić information content (AvgIpc) is 2.40. The minimum absolute atomic E-state index is 0.214. The Balaban J connectivity index is 2.16. The summed E-state index contributed by atoms with van der Waals surface area (Å²) in [5, 5.41) is 22.2. The van der Waals surface area contributed by atoms with Crippen LogP contribution in [-0.2, 0) is 6.42 Å². The average molecular weight is 241 g/mol. The number of pyridine rings is 1. The van der Waals surface area contributed by atoms with Crippen molar-refractivity contribution in [1.82, 2.24) is 0 Å². The number of aliphatic hydroxyl groups is 1. The first kappa shape index (κ1) is 11.2. The molecule has 1 N–H and O–H groups in total. The molecule has 0 saturated carbocycles. The summed E-state index contributed by atoms with van der Waals surface area (Å²) in [6, 6.07) is 13.5. The number of hydrogen-bond donors (Lipinski definition) is 1. The van der Waals surface area contributed by atoms with Crippen LogP contribution in [0.25, 0.3) is 0 Å². The van der Waals surface area contributed by atoms with Crippen molar-refractivity contribution in [2.75, 3.05) is 0 Å². The number of rotatable bonds is 1. The third kappa shape index (κ3) is 1.77. The molecule has 0 fully saturated rings. The minimum atomic E-state index is -0.484. The number of benzene rings is 1. The lowest BCUT2D eigenvalue weighted by molar-refractivity contribution is -0.616. The van der Waals surface area contributed by atoms with Gasteiger partial charge in [0, 0.05) is 11.6 Å². The van der Waals surface area contributed by atoms with Crippen molar-refractivity contribution >= 4 is 0 Å². The van der Waals surface area contributed by atoms with Gasteiger partial charge in [0.25, 0.3) is 0 Å². The van der Waals surface area contributed by atoms with Crippen LogP contribution in [0, 0.1) is 5.21 Å². The molecule has 3 nitrogen and oxygen atoms in total. The molecule has 1 heterocycles. The number of fused-ring (bicyclic) bond motifs is 1. The fourth-order valence-electron chi connectivity index (χ4n) is 2.79. The molecule has 2 atom stereocenters. The molecule has 0 amide bonds. The van der Waals surface area contributed by atoms with Gasteiger partial charge in [0.2, 0.25) is 5.69 Å². The lowest BCUT2D eigenvalue weighted by Crippen LogP contribution is -2.41. The van der Waals surface area contributed by atoms with Gasteiger partial charge in [-0.15, -0.1) is 0 Å². The number of aliphatic hydroxyl groups excluding tert-OH is 1. The topological polar surface area (TPSA) is 47.2 Å². The van der Waals surface area contributed by atoms with Crippen molar-refractivity contribution in [3.8, 4) is 0 Å². The van der Waals surface area contributed by atoms with E-state index in [-0.39, 0.29) is 5.92 Å². The first-order valence-electron chi connectivity index (χ1n) is 6.21. The minimum Gasteiger partial charge on any atom is -0.618 e.